The molecule has 1 atom stereocenters. The number of hydroxylamine groups is 1. The van der Waals surface area contributed by atoms with Crippen LogP contribution in [-0.4, -0.2) is 17.1 Å². The highest BCUT2D eigenvalue weighted by Gasteiger charge is 2.30. The minimum Gasteiger partial charge on any atom is -0.506 e. The monoisotopic (exact) mass is 193 g/mol. The van der Waals surface area contributed by atoms with Crippen molar-refractivity contribution < 1.29 is 14.7 Å². The van der Waals surface area contributed by atoms with Crippen molar-refractivity contribution in [2.75, 3.05) is 5.06 Å². The Balaban J connectivity index is 2.32. The molecule has 4 nitrogen and oxygen atoms in total. The largest absolute Gasteiger partial charge is 0.506 e. The Hall–Kier alpha value is -1.55. The zero-order chi connectivity index (χ0) is 10.1. The molecule has 1 fully saturated rings. The summed E-state index contributed by atoms with van der Waals surface area (Å²) in [6, 6.07) is 6.61. The molecule has 1 unspecified atom stereocenters. The summed E-state index contributed by atoms with van der Waals surface area (Å²) in [6.07, 6.45) is 0.232. The van der Waals surface area contributed by atoms with Gasteiger partial charge in [0, 0.05) is 0 Å². The first-order valence-corrected chi connectivity index (χ1v) is 4.46. The first-order chi connectivity index (χ1) is 6.68. The van der Waals surface area contributed by atoms with E-state index in [1.54, 1.807) is 18.2 Å². The number of phenols is 1. The van der Waals surface area contributed by atoms with Crippen molar-refractivity contribution in [3.63, 3.8) is 0 Å². The van der Waals surface area contributed by atoms with Crippen molar-refractivity contribution in [2.45, 2.75) is 19.4 Å². The Morgan fingerprint density at radius 1 is 1.50 bits per heavy atom. The second-order valence-corrected chi connectivity index (χ2v) is 3.30. The van der Waals surface area contributed by atoms with E-state index in [1.165, 1.54) is 6.07 Å². The van der Waals surface area contributed by atoms with Crippen LogP contribution >= 0.6 is 0 Å². The van der Waals surface area contributed by atoms with E-state index >= 15 is 0 Å². The van der Waals surface area contributed by atoms with Gasteiger partial charge in [0.25, 0.3) is 5.91 Å². The van der Waals surface area contributed by atoms with Crippen LogP contribution in [0.2, 0.25) is 0 Å². The molecule has 0 radical (unpaired) electrons. The second kappa shape index (κ2) is 3.31. The van der Waals surface area contributed by atoms with Gasteiger partial charge in [-0.2, -0.15) is 5.06 Å². The summed E-state index contributed by atoms with van der Waals surface area (Å²) >= 11 is 0. The van der Waals surface area contributed by atoms with E-state index in [2.05, 4.69) is 0 Å². The van der Waals surface area contributed by atoms with Crippen LogP contribution in [0.1, 0.15) is 13.3 Å². The molecule has 0 spiro atoms. The molecule has 1 saturated heterocycles. The summed E-state index contributed by atoms with van der Waals surface area (Å²) in [5, 5.41) is 10.7. The predicted octanol–water partition coefficient (Wildman–Crippen LogP) is 1.45. The summed E-state index contributed by atoms with van der Waals surface area (Å²) in [4.78, 5) is 16.7. The number of phenolic OH excluding ortho intramolecular Hbond substituents is 1. The van der Waals surface area contributed by atoms with Gasteiger partial charge in [-0.3, -0.25) is 9.63 Å². The molecular weight excluding hydrogens is 182 g/mol. The van der Waals surface area contributed by atoms with Gasteiger partial charge in [0.2, 0.25) is 0 Å². The lowest BCUT2D eigenvalue weighted by atomic mass is 10.2. The van der Waals surface area contributed by atoms with Gasteiger partial charge in [0.05, 0.1) is 12.5 Å². The zero-order valence-electron chi connectivity index (χ0n) is 7.80. The van der Waals surface area contributed by atoms with E-state index < -0.39 is 0 Å². The van der Waals surface area contributed by atoms with Gasteiger partial charge in [0.15, 0.2) is 0 Å². The van der Waals surface area contributed by atoms with E-state index in [-0.39, 0.29) is 17.8 Å². The molecule has 14 heavy (non-hydrogen) atoms. The maximum Gasteiger partial charge on any atom is 0.253 e. The topological polar surface area (TPSA) is 49.8 Å². The van der Waals surface area contributed by atoms with E-state index in [0.717, 1.165) is 5.06 Å². The smallest absolute Gasteiger partial charge is 0.253 e. The van der Waals surface area contributed by atoms with Crippen LogP contribution in [0.4, 0.5) is 5.69 Å². The molecule has 74 valence electrons. The van der Waals surface area contributed by atoms with Crippen molar-refractivity contribution in [2.24, 2.45) is 0 Å². The van der Waals surface area contributed by atoms with E-state index in [9.17, 15) is 9.90 Å². The molecule has 1 N–H and O–H groups in total. The van der Waals surface area contributed by atoms with Gasteiger partial charge in [-0.25, -0.2) is 0 Å². The first kappa shape index (κ1) is 9.02. The average Bonchev–Trinajstić information content (AvgIpc) is 2.46. The number of rotatable bonds is 1. The number of para-hydroxylation sites is 2. The maximum atomic E-state index is 11.4. The number of benzene rings is 1. The highest BCUT2D eigenvalue weighted by Crippen LogP contribution is 2.30. The lowest BCUT2D eigenvalue weighted by molar-refractivity contribution is -0.119. The Morgan fingerprint density at radius 2 is 2.21 bits per heavy atom. The third-order valence-electron chi connectivity index (χ3n) is 2.07. The lowest BCUT2D eigenvalue weighted by Gasteiger charge is -2.15. The molecule has 0 aromatic heterocycles. The van der Waals surface area contributed by atoms with Crippen LogP contribution in [-0.2, 0) is 9.63 Å². The minimum absolute atomic E-state index is 0.0509. The molecule has 0 saturated carbocycles. The SMILES string of the molecule is CC1CC(=O)N(c2ccccc2O)O1. The molecule has 4 heteroatoms. The Bertz CT molecular complexity index is 364. The van der Waals surface area contributed by atoms with Crippen LogP contribution in [0.3, 0.4) is 0 Å². The molecule has 0 aliphatic carbocycles. The number of carbonyl (C=O) groups excluding carboxylic acids is 1. The number of anilines is 1. The van der Waals surface area contributed by atoms with Crippen molar-refractivity contribution in [3.8, 4) is 5.75 Å². The highest BCUT2D eigenvalue weighted by atomic mass is 16.7. The maximum absolute atomic E-state index is 11.4. The quantitative estimate of drug-likeness (QED) is 0.734. The fraction of sp³-hybridized carbons (Fsp3) is 0.300. The lowest BCUT2D eigenvalue weighted by Crippen LogP contribution is -2.22. The van der Waals surface area contributed by atoms with E-state index in [4.69, 9.17) is 4.84 Å². The number of nitrogens with zero attached hydrogens (tertiary/aromatic N) is 1. The summed E-state index contributed by atoms with van der Waals surface area (Å²) in [5.74, 6) is -0.0750. The summed E-state index contributed by atoms with van der Waals surface area (Å²) in [7, 11) is 0. The third-order valence-corrected chi connectivity index (χ3v) is 2.07. The van der Waals surface area contributed by atoms with Gasteiger partial charge in [0.1, 0.15) is 11.4 Å². The summed E-state index contributed by atoms with van der Waals surface area (Å²) in [6.45, 7) is 1.82. The number of hydrogen-bond donors (Lipinski definition) is 1. The third kappa shape index (κ3) is 1.44. The Morgan fingerprint density at radius 3 is 2.79 bits per heavy atom. The first-order valence-electron chi connectivity index (χ1n) is 4.46. The predicted molar refractivity (Wildman–Crippen MR) is 50.8 cm³/mol. The van der Waals surface area contributed by atoms with Crippen molar-refractivity contribution in [1.29, 1.82) is 0 Å². The molecular formula is C10H11NO3. The van der Waals surface area contributed by atoms with Crippen LogP contribution in [0, 0.1) is 0 Å². The van der Waals surface area contributed by atoms with E-state index in [1.807, 2.05) is 6.92 Å². The number of aromatic hydroxyl groups is 1. The molecule has 1 aromatic rings. The molecule has 1 aliphatic heterocycles. The van der Waals surface area contributed by atoms with Gasteiger partial charge in [-0.05, 0) is 19.1 Å². The number of hydrogen-bond acceptors (Lipinski definition) is 3. The second-order valence-electron chi connectivity index (χ2n) is 3.30. The minimum atomic E-state index is -0.126. The van der Waals surface area contributed by atoms with E-state index in [0.29, 0.717) is 12.1 Å². The zero-order valence-corrected chi connectivity index (χ0v) is 7.80. The van der Waals surface area contributed by atoms with Gasteiger partial charge >= 0.3 is 0 Å². The molecule has 0 bridgehead atoms. The van der Waals surface area contributed by atoms with Crippen LogP contribution in [0.5, 0.6) is 5.75 Å². The Kier molecular flexibility index (Phi) is 2.13. The normalized spacial score (nSPS) is 21.6. The fourth-order valence-electron chi connectivity index (χ4n) is 1.43. The highest BCUT2D eigenvalue weighted by molar-refractivity contribution is 5.94. The van der Waals surface area contributed by atoms with Crippen molar-refractivity contribution in [1.82, 2.24) is 0 Å². The van der Waals surface area contributed by atoms with Gasteiger partial charge in [-0.1, -0.05) is 12.1 Å². The van der Waals surface area contributed by atoms with Crippen molar-refractivity contribution >= 4 is 11.6 Å². The standard InChI is InChI=1S/C10H11NO3/c1-7-6-10(13)11(14-7)8-4-2-3-5-9(8)12/h2-5,7,12H,6H2,1H3. The molecule has 2 rings (SSSR count). The van der Waals surface area contributed by atoms with Crippen molar-refractivity contribution in [3.05, 3.63) is 24.3 Å². The van der Waals surface area contributed by atoms with Gasteiger partial charge < -0.3 is 5.11 Å². The summed E-state index contributed by atoms with van der Waals surface area (Å²) in [5.41, 5.74) is 0.404. The number of amides is 1. The molecule has 1 aromatic carbocycles. The molecule has 1 heterocycles. The molecule has 1 amide bonds. The summed E-state index contributed by atoms with van der Waals surface area (Å²) < 4.78 is 0. The van der Waals surface area contributed by atoms with Crippen LogP contribution < -0.4 is 5.06 Å². The van der Waals surface area contributed by atoms with Crippen LogP contribution in [0.25, 0.3) is 0 Å². The van der Waals surface area contributed by atoms with Crippen LogP contribution in [0.15, 0.2) is 24.3 Å². The fourth-order valence-corrected chi connectivity index (χ4v) is 1.43. The number of carbonyl (C=O) groups is 1. The average molecular weight is 193 g/mol. The Labute approximate surface area is 81.7 Å². The van der Waals surface area contributed by atoms with Gasteiger partial charge in [-0.15, -0.1) is 0 Å². The molecule has 1 aliphatic rings.